The van der Waals surface area contributed by atoms with Crippen molar-refractivity contribution in [3.63, 3.8) is 0 Å². The zero-order valence-corrected chi connectivity index (χ0v) is 21.6. The SMILES string of the molecule is COc1ccc([C@H]2CC(c3cccs3)=NN2C(=O)CN(CCN2CCOCC2)C(=O)C2CCC2)cc1. The molecule has 3 aliphatic rings. The van der Waals surface area contributed by atoms with Crippen LogP contribution in [0, 0.1) is 5.92 Å². The molecule has 2 aromatic rings. The Hall–Kier alpha value is -2.75. The maximum Gasteiger partial charge on any atom is 0.262 e. The third-order valence-corrected chi connectivity index (χ3v) is 8.27. The van der Waals surface area contributed by atoms with Crippen molar-refractivity contribution in [2.45, 2.75) is 31.7 Å². The number of hydrazone groups is 1. The maximum atomic E-state index is 13.7. The molecule has 2 aliphatic heterocycles. The molecular weight excluding hydrogens is 476 g/mol. The van der Waals surface area contributed by atoms with Crippen molar-refractivity contribution >= 4 is 28.9 Å². The molecule has 2 fully saturated rings. The van der Waals surface area contributed by atoms with Crippen molar-refractivity contribution < 1.29 is 19.1 Å². The molecule has 9 heteroatoms. The second-order valence-corrected chi connectivity index (χ2v) is 10.5. The first-order valence-electron chi connectivity index (χ1n) is 12.8. The topological polar surface area (TPSA) is 74.7 Å². The largest absolute Gasteiger partial charge is 0.497 e. The summed E-state index contributed by atoms with van der Waals surface area (Å²) < 4.78 is 10.8. The number of morpholine rings is 1. The summed E-state index contributed by atoms with van der Waals surface area (Å²) in [6.45, 7) is 4.50. The van der Waals surface area contributed by atoms with Gasteiger partial charge in [-0.05, 0) is 42.0 Å². The Morgan fingerprint density at radius 3 is 2.58 bits per heavy atom. The molecule has 1 aromatic carbocycles. The molecule has 1 aliphatic carbocycles. The van der Waals surface area contributed by atoms with Gasteiger partial charge in [-0.2, -0.15) is 5.10 Å². The number of nitrogens with zero attached hydrogens (tertiary/aromatic N) is 4. The number of hydrogen-bond donors (Lipinski definition) is 0. The number of amides is 2. The molecule has 0 unspecified atom stereocenters. The monoisotopic (exact) mass is 510 g/mol. The Balaban J connectivity index is 1.34. The molecule has 0 N–H and O–H groups in total. The van der Waals surface area contributed by atoms with Gasteiger partial charge in [0.15, 0.2) is 0 Å². The zero-order valence-electron chi connectivity index (χ0n) is 20.8. The molecular formula is C27H34N4O4S. The summed E-state index contributed by atoms with van der Waals surface area (Å²) in [7, 11) is 1.64. The second-order valence-electron chi connectivity index (χ2n) is 9.60. The van der Waals surface area contributed by atoms with E-state index in [2.05, 4.69) is 4.90 Å². The Morgan fingerprint density at radius 1 is 1.17 bits per heavy atom. The molecule has 0 bridgehead atoms. The first-order valence-corrected chi connectivity index (χ1v) is 13.7. The van der Waals surface area contributed by atoms with E-state index in [1.54, 1.807) is 28.4 Å². The quantitative estimate of drug-likeness (QED) is 0.517. The molecule has 8 nitrogen and oxygen atoms in total. The maximum absolute atomic E-state index is 13.7. The molecule has 0 radical (unpaired) electrons. The molecule has 2 amide bonds. The summed E-state index contributed by atoms with van der Waals surface area (Å²) in [5.41, 5.74) is 1.91. The van der Waals surface area contributed by atoms with Crippen LogP contribution >= 0.6 is 11.3 Å². The number of ether oxygens (including phenoxy) is 2. The van der Waals surface area contributed by atoms with E-state index < -0.39 is 0 Å². The van der Waals surface area contributed by atoms with E-state index >= 15 is 0 Å². The molecule has 1 aromatic heterocycles. The number of thiophene rings is 1. The third-order valence-electron chi connectivity index (χ3n) is 7.35. The lowest BCUT2D eigenvalue weighted by Crippen LogP contribution is -2.49. The Labute approximate surface area is 216 Å². The first-order chi connectivity index (χ1) is 17.6. The van der Waals surface area contributed by atoms with Gasteiger partial charge in [0, 0.05) is 38.5 Å². The van der Waals surface area contributed by atoms with Crippen LogP contribution in [-0.2, 0) is 14.3 Å². The van der Waals surface area contributed by atoms with Crippen molar-refractivity contribution in [3.05, 3.63) is 52.2 Å². The van der Waals surface area contributed by atoms with Crippen LogP contribution in [0.2, 0.25) is 0 Å². The highest BCUT2D eigenvalue weighted by Gasteiger charge is 2.36. The minimum atomic E-state index is -0.208. The molecule has 1 saturated heterocycles. The van der Waals surface area contributed by atoms with Gasteiger partial charge in [0.1, 0.15) is 12.3 Å². The standard InChI is InChI=1S/C27H34N4O4S/c1-34-22-9-7-20(8-10-22)24-18-23(25-6-3-17-36-25)28-31(24)26(32)19-30(27(33)21-4-2-5-21)12-11-29-13-15-35-16-14-29/h3,6-10,17,21,24H,2,4-5,11-16,18-19H2,1H3/t24-/m1/s1. The summed E-state index contributed by atoms with van der Waals surface area (Å²) in [6, 6.07) is 11.6. The molecule has 1 saturated carbocycles. The highest BCUT2D eigenvalue weighted by atomic mass is 32.1. The van der Waals surface area contributed by atoms with Crippen molar-refractivity contribution in [2.75, 3.05) is 53.0 Å². The van der Waals surface area contributed by atoms with Crippen LogP contribution in [-0.4, -0.2) is 85.4 Å². The van der Waals surface area contributed by atoms with Gasteiger partial charge in [0.2, 0.25) is 5.91 Å². The molecule has 3 heterocycles. The van der Waals surface area contributed by atoms with Crippen LogP contribution < -0.4 is 4.74 Å². The van der Waals surface area contributed by atoms with E-state index in [4.69, 9.17) is 14.6 Å². The van der Waals surface area contributed by atoms with Gasteiger partial charge in [0.05, 0.1) is 37.0 Å². The Bertz CT molecular complexity index is 1060. The van der Waals surface area contributed by atoms with Gasteiger partial charge in [-0.1, -0.05) is 24.6 Å². The number of benzene rings is 1. The number of methoxy groups -OCH3 is 1. The van der Waals surface area contributed by atoms with Crippen LogP contribution in [0.3, 0.4) is 0 Å². The van der Waals surface area contributed by atoms with Gasteiger partial charge < -0.3 is 14.4 Å². The molecule has 5 rings (SSSR count). The smallest absolute Gasteiger partial charge is 0.262 e. The molecule has 0 spiro atoms. The summed E-state index contributed by atoms with van der Waals surface area (Å²) in [6.07, 6.45) is 3.56. The van der Waals surface area contributed by atoms with Gasteiger partial charge >= 0.3 is 0 Å². The second kappa shape index (κ2) is 11.5. The van der Waals surface area contributed by atoms with Crippen LogP contribution in [0.4, 0.5) is 0 Å². The lowest BCUT2D eigenvalue weighted by molar-refractivity contribution is -0.145. The zero-order chi connectivity index (χ0) is 24.9. The average Bonchev–Trinajstić information content (AvgIpc) is 3.56. The number of hydrogen-bond acceptors (Lipinski definition) is 7. The van der Waals surface area contributed by atoms with Crippen molar-refractivity contribution in [2.24, 2.45) is 11.0 Å². The van der Waals surface area contributed by atoms with Crippen molar-refractivity contribution in [1.29, 1.82) is 0 Å². The van der Waals surface area contributed by atoms with Crippen LogP contribution in [0.25, 0.3) is 0 Å². The van der Waals surface area contributed by atoms with Crippen molar-refractivity contribution in [3.8, 4) is 5.75 Å². The summed E-state index contributed by atoms with van der Waals surface area (Å²) in [5.74, 6) is 0.778. The lowest BCUT2D eigenvalue weighted by Gasteiger charge is -2.34. The average molecular weight is 511 g/mol. The number of carbonyl (C=O) groups excluding carboxylic acids is 2. The summed E-state index contributed by atoms with van der Waals surface area (Å²) >= 11 is 1.63. The third kappa shape index (κ3) is 5.63. The predicted molar refractivity (Wildman–Crippen MR) is 139 cm³/mol. The molecule has 192 valence electrons. The lowest BCUT2D eigenvalue weighted by atomic mass is 9.84. The van der Waals surface area contributed by atoms with Gasteiger partial charge in [0.25, 0.3) is 5.91 Å². The van der Waals surface area contributed by atoms with E-state index in [1.807, 2.05) is 41.8 Å². The predicted octanol–water partition coefficient (Wildman–Crippen LogP) is 3.40. The molecule has 1 atom stereocenters. The minimum Gasteiger partial charge on any atom is -0.497 e. The van der Waals surface area contributed by atoms with E-state index in [-0.39, 0.29) is 30.3 Å². The van der Waals surface area contributed by atoms with E-state index in [9.17, 15) is 9.59 Å². The molecule has 36 heavy (non-hydrogen) atoms. The Kier molecular flexibility index (Phi) is 7.99. The highest BCUT2D eigenvalue weighted by Crippen LogP contribution is 2.35. The van der Waals surface area contributed by atoms with Crippen LogP contribution in [0.5, 0.6) is 5.75 Å². The van der Waals surface area contributed by atoms with Crippen LogP contribution in [0.15, 0.2) is 46.9 Å². The fraction of sp³-hybridized carbons (Fsp3) is 0.519. The number of carbonyl (C=O) groups is 2. The summed E-state index contributed by atoms with van der Waals surface area (Å²) in [5, 5.41) is 8.41. The van der Waals surface area contributed by atoms with Crippen LogP contribution in [0.1, 0.15) is 42.2 Å². The fourth-order valence-electron chi connectivity index (χ4n) is 4.92. The first kappa shape index (κ1) is 24.9. The van der Waals surface area contributed by atoms with E-state index in [0.29, 0.717) is 26.2 Å². The number of rotatable bonds is 9. The minimum absolute atomic E-state index is 0.0450. The fourth-order valence-corrected chi connectivity index (χ4v) is 5.64. The highest BCUT2D eigenvalue weighted by molar-refractivity contribution is 7.12. The van der Waals surface area contributed by atoms with Gasteiger partial charge in [-0.3, -0.25) is 14.5 Å². The van der Waals surface area contributed by atoms with Crippen molar-refractivity contribution in [1.82, 2.24) is 14.8 Å². The summed E-state index contributed by atoms with van der Waals surface area (Å²) in [4.78, 5) is 32.2. The Morgan fingerprint density at radius 2 is 1.94 bits per heavy atom. The van der Waals surface area contributed by atoms with E-state index in [1.165, 1.54) is 0 Å². The van der Waals surface area contributed by atoms with Gasteiger partial charge in [-0.15, -0.1) is 11.3 Å². The van der Waals surface area contributed by atoms with E-state index in [0.717, 1.165) is 60.8 Å². The van der Waals surface area contributed by atoms with Gasteiger partial charge in [-0.25, -0.2) is 5.01 Å². The normalized spacial score (nSPS) is 20.6.